The van der Waals surface area contributed by atoms with E-state index in [1.165, 1.54) is 46.7 Å². The molecule has 6 N–H and O–H groups in total. The molecule has 96 heavy (non-hydrogen) atoms. The zero-order valence-corrected chi connectivity index (χ0v) is 60.8. The number of likely N-dealkylation sites (tertiary alicyclic amines) is 2. The first-order valence-corrected chi connectivity index (χ1v) is 38.3. The molecule has 4 aromatic rings. The summed E-state index contributed by atoms with van der Waals surface area (Å²) >= 11 is 6.94. The van der Waals surface area contributed by atoms with Crippen molar-refractivity contribution in [1.29, 1.82) is 0 Å². The maximum Gasteiger partial charge on any atom is 0.312 e. The summed E-state index contributed by atoms with van der Waals surface area (Å²) in [4.78, 5) is 162. The number of nitrogens with one attached hydrogen (secondary N) is 4. The molecule has 6 rings (SSSR count). The van der Waals surface area contributed by atoms with Crippen LogP contribution in [0.5, 0.6) is 0 Å². The minimum atomic E-state index is -0.932. The van der Waals surface area contributed by atoms with Crippen molar-refractivity contribution in [3.8, 4) is 0 Å². The van der Waals surface area contributed by atoms with Gasteiger partial charge in [-0.2, -0.15) is 23.5 Å². The number of amides is 8. The first-order valence-electron chi connectivity index (χ1n) is 33.1. The summed E-state index contributed by atoms with van der Waals surface area (Å²) in [6.07, 6.45) is 7.02. The molecule has 2 aromatic heterocycles. The number of urea groups is 1. The highest BCUT2D eigenvalue weighted by Crippen LogP contribution is 2.34. The fourth-order valence-corrected chi connectivity index (χ4v) is 15.8. The third-order valence-electron chi connectivity index (χ3n) is 17.6. The van der Waals surface area contributed by atoms with Gasteiger partial charge >= 0.3 is 12.0 Å². The average molecular weight is 1420 g/mol. The van der Waals surface area contributed by atoms with Gasteiger partial charge in [-0.25, -0.2) is 14.8 Å². The van der Waals surface area contributed by atoms with Crippen molar-refractivity contribution >= 4 is 128 Å². The molecule has 2 aromatic carbocycles. The van der Waals surface area contributed by atoms with E-state index in [1.807, 2.05) is 96.1 Å². The maximum atomic E-state index is 14.9. The number of thiazole rings is 2. The number of hydrogen-bond acceptors (Lipinski definition) is 20. The quantitative estimate of drug-likeness (QED) is 0.0119. The maximum absolute atomic E-state index is 14.9. The number of carbonyl (C=O) groups is 11. The minimum Gasteiger partial charge on any atom is -0.455 e. The lowest BCUT2D eigenvalue weighted by atomic mass is 9.82. The summed E-state index contributed by atoms with van der Waals surface area (Å²) in [5.41, 5.74) is 7.06. The van der Waals surface area contributed by atoms with Crippen LogP contribution in [0.4, 0.5) is 10.5 Å². The number of esters is 1. The lowest BCUT2D eigenvalue weighted by Crippen LogP contribution is -2.50. The molecule has 0 spiro atoms. The summed E-state index contributed by atoms with van der Waals surface area (Å²) in [5.74, 6) is -3.14. The second-order valence-electron chi connectivity index (χ2n) is 25.3. The Hall–Kier alpha value is -6.68. The van der Waals surface area contributed by atoms with Crippen LogP contribution in [-0.2, 0) is 60.1 Å². The van der Waals surface area contributed by atoms with Crippen molar-refractivity contribution in [2.75, 3.05) is 56.3 Å². The van der Waals surface area contributed by atoms with Crippen LogP contribution in [0.15, 0.2) is 76.4 Å². The number of thioether (sulfide) groups is 3. The molecule has 4 heterocycles. The fourth-order valence-electron chi connectivity index (χ4n) is 11.8. The lowest BCUT2D eigenvalue weighted by molar-refractivity contribution is -0.150. The van der Waals surface area contributed by atoms with Gasteiger partial charge in [0, 0.05) is 129 Å². The fraction of sp³-hybridized carbons (Fsp3) is 0.580. The molecule has 2 fully saturated rings. The van der Waals surface area contributed by atoms with E-state index >= 15 is 0 Å². The largest absolute Gasteiger partial charge is 0.455 e. The summed E-state index contributed by atoms with van der Waals surface area (Å²) in [6.45, 7) is 13.7. The van der Waals surface area contributed by atoms with Crippen LogP contribution in [0.1, 0.15) is 158 Å². The van der Waals surface area contributed by atoms with Gasteiger partial charge in [0.2, 0.25) is 29.5 Å². The van der Waals surface area contributed by atoms with Crippen LogP contribution >= 0.6 is 58.0 Å². The number of imide groups is 1. The molecule has 8 amide bonds. The molecule has 27 heteroatoms. The van der Waals surface area contributed by atoms with Crippen molar-refractivity contribution in [1.82, 2.24) is 40.6 Å². The number of carbonyl (C=O) groups excluding carboxylic acids is 11. The van der Waals surface area contributed by atoms with Crippen LogP contribution in [0.3, 0.4) is 0 Å². The standard InChI is InChI=1S/C69H96N10O12S5/c1-10-44(6)50(67(88)77(8)55(43(4)5)36-59(91-45(7)80)66-76-53(41-96-66)65(87)75-52(40-95-48-18-12-11-13-19-48)57(82)37-61-71-29-33-94-61)35-58(83)54-21-14-15-30-78(54)62(84)22-17-32-93-39-46-23-25-47(26-24-46)74-51(20-16-27-73-69(70)90)56(81)34-49(42(2)3)64(86)72-28-31-79-63(85)38-60(92-9)68(79)89/h11-13,18-19,23-26,29,33,41-44,49-52,54-55,59-60,74H,10,14-17,20-22,27-28,30-32,34-40H2,1-9H3,(H,72,86)(H,75,87)(H3,70,73,90)/t44-,49+,50?,51+,52-,54?,55+,59+,60?/m0/s1. The van der Waals surface area contributed by atoms with Crippen LogP contribution < -0.4 is 27.0 Å². The van der Waals surface area contributed by atoms with Gasteiger partial charge in [0.1, 0.15) is 10.7 Å². The molecule has 2 aliphatic rings. The highest BCUT2D eigenvalue weighted by atomic mass is 32.2. The lowest BCUT2D eigenvalue weighted by Gasteiger charge is -2.38. The number of ether oxygens (including phenoxy) is 1. The van der Waals surface area contributed by atoms with Gasteiger partial charge in [0.05, 0.1) is 34.8 Å². The summed E-state index contributed by atoms with van der Waals surface area (Å²) in [6, 6.07) is 13.9. The number of nitrogens with zero attached hydrogens (tertiary/aromatic N) is 5. The Labute approximate surface area is 585 Å². The number of Topliss-reactive ketones (excluding diaryl/α,β-unsaturated/α-hetero) is 3. The predicted molar refractivity (Wildman–Crippen MR) is 379 cm³/mol. The Morgan fingerprint density at radius 1 is 0.865 bits per heavy atom. The van der Waals surface area contributed by atoms with E-state index in [4.69, 9.17) is 10.5 Å². The molecule has 0 radical (unpaired) electrons. The van der Waals surface area contributed by atoms with E-state index < -0.39 is 65.3 Å². The smallest absolute Gasteiger partial charge is 0.312 e. The molecule has 2 saturated heterocycles. The van der Waals surface area contributed by atoms with Gasteiger partial charge in [-0.05, 0) is 98.1 Å². The van der Waals surface area contributed by atoms with Crippen LogP contribution in [0, 0.1) is 29.6 Å². The van der Waals surface area contributed by atoms with Gasteiger partial charge in [-0.1, -0.05) is 78.3 Å². The van der Waals surface area contributed by atoms with Crippen molar-refractivity contribution in [3.63, 3.8) is 0 Å². The van der Waals surface area contributed by atoms with Crippen molar-refractivity contribution in [2.45, 2.75) is 178 Å². The topological polar surface area (TPSA) is 307 Å². The molecule has 3 unspecified atom stereocenters. The Morgan fingerprint density at radius 3 is 2.25 bits per heavy atom. The number of benzene rings is 2. The van der Waals surface area contributed by atoms with E-state index in [2.05, 4.69) is 31.2 Å². The van der Waals surface area contributed by atoms with Gasteiger partial charge in [0.15, 0.2) is 23.5 Å². The first-order chi connectivity index (χ1) is 45.9. The Bertz CT molecular complexity index is 3250. The number of rotatable bonds is 41. The molecule has 0 bridgehead atoms. The van der Waals surface area contributed by atoms with E-state index in [9.17, 15) is 52.7 Å². The van der Waals surface area contributed by atoms with Crippen molar-refractivity contribution in [2.24, 2.45) is 35.3 Å². The second-order valence-corrected chi connectivity index (χ2v) is 30.4. The van der Waals surface area contributed by atoms with Crippen molar-refractivity contribution < 1.29 is 57.5 Å². The summed E-state index contributed by atoms with van der Waals surface area (Å²) in [7, 11) is 1.71. The van der Waals surface area contributed by atoms with Crippen LogP contribution in [-0.4, -0.2) is 170 Å². The zero-order valence-electron chi connectivity index (χ0n) is 56.7. The van der Waals surface area contributed by atoms with Crippen molar-refractivity contribution in [3.05, 3.63) is 92.8 Å². The molecule has 9 atom stereocenters. The third kappa shape index (κ3) is 24.1. The highest BCUT2D eigenvalue weighted by Gasteiger charge is 2.41. The third-order valence-corrected chi connectivity index (χ3v) is 22.5. The second kappa shape index (κ2) is 39.7. The number of nitrogens with two attached hydrogens (primary N) is 1. The first kappa shape index (κ1) is 78.3. The molecule has 524 valence electrons. The number of piperidine rings is 1. The number of anilines is 1. The monoisotopic (exact) mass is 1420 g/mol. The van der Waals surface area contributed by atoms with E-state index in [-0.39, 0.29) is 134 Å². The van der Waals surface area contributed by atoms with Gasteiger partial charge in [0.25, 0.3) is 5.91 Å². The van der Waals surface area contributed by atoms with Crippen LogP contribution in [0.25, 0.3) is 0 Å². The molecule has 22 nitrogen and oxygen atoms in total. The minimum absolute atomic E-state index is 0.0465. The van der Waals surface area contributed by atoms with Gasteiger partial charge in [-0.15, -0.1) is 34.4 Å². The number of primary amides is 1. The molecular weight excluding hydrogens is 1320 g/mol. The molecular formula is C69H96N10O12S5. The normalized spacial score (nSPS) is 17.0. The van der Waals surface area contributed by atoms with E-state index in [1.54, 1.807) is 51.8 Å². The number of hydrogen-bond donors (Lipinski definition) is 5. The van der Waals surface area contributed by atoms with Gasteiger partial charge in [-0.3, -0.25) is 52.8 Å². The Morgan fingerprint density at radius 2 is 1.60 bits per heavy atom. The van der Waals surface area contributed by atoms with E-state index in [0.717, 1.165) is 34.6 Å². The predicted octanol–water partition coefficient (Wildman–Crippen LogP) is 9.56. The molecule has 0 aliphatic carbocycles. The highest BCUT2D eigenvalue weighted by molar-refractivity contribution is 8.00. The Balaban J connectivity index is 1.01. The molecule has 2 aliphatic heterocycles. The summed E-state index contributed by atoms with van der Waals surface area (Å²) in [5, 5.41) is 15.6. The number of ketones is 3. The zero-order chi connectivity index (χ0) is 70.0. The van der Waals surface area contributed by atoms with E-state index in [0.29, 0.717) is 65.9 Å². The molecule has 0 saturated carbocycles. The average Bonchev–Trinajstić information content (AvgIpc) is 1.51. The number of aromatic nitrogens is 2. The SMILES string of the molecule is CC[C@H](C)C(CC(=O)C1CCCCN1C(=O)CCCSCc1ccc(N[C@H](CCCNC(N)=O)C(=O)C[C@@H](C(=O)NCCN2C(=O)CC(SC)C2=O)C(C)C)cc1)C(=O)N(C)[C@H](C[C@@H](OC(C)=O)c1nc(C(=O)N[C@@H](CSc2ccccc2)C(=O)Cc2nccs2)cs1)C(C)C. The van der Waals surface area contributed by atoms with Crippen LogP contribution in [0.2, 0.25) is 0 Å². The van der Waals surface area contributed by atoms with Gasteiger partial charge < -0.3 is 41.5 Å². The Kier molecular flexibility index (Phi) is 32.3. The summed E-state index contributed by atoms with van der Waals surface area (Å²) < 4.78 is 5.89.